The molecule has 2 aromatic rings. The van der Waals surface area contributed by atoms with Crippen LogP contribution in [0, 0.1) is 23.6 Å². The summed E-state index contributed by atoms with van der Waals surface area (Å²) in [6.07, 6.45) is 1.50. The van der Waals surface area contributed by atoms with Crippen LogP contribution in [0.2, 0.25) is 10.0 Å². The first kappa shape index (κ1) is 23.5. The third kappa shape index (κ3) is 4.04. The van der Waals surface area contributed by atoms with Crippen molar-refractivity contribution in [3.05, 3.63) is 57.8 Å². The van der Waals surface area contributed by atoms with Crippen LogP contribution in [0.1, 0.15) is 43.5 Å². The van der Waals surface area contributed by atoms with Crippen molar-refractivity contribution in [3.63, 3.8) is 0 Å². The summed E-state index contributed by atoms with van der Waals surface area (Å²) in [7, 11) is -3.83. The van der Waals surface area contributed by atoms with Crippen LogP contribution in [0.25, 0.3) is 0 Å². The highest BCUT2D eigenvalue weighted by Gasteiger charge is 2.56. The van der Waals surface area contributed by atoms with Gasteiger partial charge in [0.15, 0.2) is 9.84 Å². The standard InChI is InChI=1S/C23H24Cl2FNO4S/c1-12-7-14-9-16(11-17(12)23(14,2)29)32(30,31)21-8-13(3-5-18(21)24)22(28)27-15-4-6-20(26)19(25)10-15/h3-6,8,10,12,14,16-17,29H,7,9,11H2,1-2H3,(H,27,28)/t12-,14?,16+,17+,23+/m0/s1. The van der Waals surface area contributed by atoms with Crippen molar-refractivity contribution in [2.24, 2.45) is 17.8 Å². The van der Waals surface area contributed by atoms with E-state index in [0.717, 1.165) is 12.5 Å². The molecule has 0 heterocycles. The van der Waals surface area contributed by atoms with Crippen LogP contribution in [0.3, 0.4) is 0 Å². The molecule has 5 nitrogen and oxygen atoms in total. The Hall–Kier alpha value is -1.67. The average Bonchev–Trinajstić information content (AvgIpc) is 2.84. The van der Waals surface area contributed by atoms with E-state index in [1.54, 1.807) is 6.92 Å². The van der Waals surface area contributed by atoms with Gasteiger partial charge in [-0.2, -0.15) is 0 Å². The molecular weight excluding hydrogens is 476 g/mol. The maximum absolute atomic E-state index is 13.5. The van der Waals surface area contributed by atoms with Gasteiger partial charge in [-0.25, -0.2) is 12.8 Å². The Morgan fingerprint density at radius 1 is 1.12 bits per heavy atom. The van der Waals surface area contributed by atoms with E-state index in [-0.39, 0.29) is 43.9 Å². The number of rotatable bonds is 4. The topological polar surface area (TPSA) is 83.5 Å². The quantitative estimate of drug-likeness (QED) is 0.594. The smallest absolute Gasteiger partial charge is 0.255 e. The normalized spacial score (nSPS) is 29.7. The van der Waals surface area contributed by atoms with E-state index in [4.69, 9.17) is 23.2 Å². The molecule has 2 aromatic carbocycles. The third-order valence-electron chi connectivity index (χ3n) is 7.10. The Kier molecular flexibility index (Phi) is 6.07. The summed E-state index contributed by atoms with van der Waals surface area (Å²) < 4.78 is 40.4. The fraction of sp³-hybridized carbons (Fsp3) is 0.435. The Bertz CT molecular complexity index is 1180. The molecule has 9 heteroatoms. The van der Waals surface area contributed by atoms with E-state index in [9.17, 15) is 22.7 Å². The number of sulfone groups is 1. The third-order valence-corrected chi connectivity index (χ3v) is 10.0. The second kappa shape index (κ2) is 8.28. The molecule has 0 aliphatic heterocycles. The van der Waals surface area contributed by atoms with Gasteiger partial charge in [0.25, 0.3) is 5.91 Å². The van der Waals surface area contributed by atoms with E-state index in [1.807, 2.05) is 6.92 Å². The molecule has 2 aliphatic carbocycles. The van der Waals surface area contributed by atoms with Crippen LogP contribution in [0.15, 0.2) is 41.3 Å². The number of hydrogen-bond acceptors (Lipinski definition) is 4. The van der Waals surface area contributed by atoms with Crippen LogP contribution in [0.5, 0.6) is 0 Å². The van der Waals surface area contributed by atoms with Gasteiger partial charge in [-0.3, -0.25) is 4.79 Å². The van der Waals surface area contributed by atoms with Gasteiger partial charge in [0.05, 0.1) is 25.8 Å². The maximum atomic E-state index is 13.5. The molecule has 2 saturated carbocycles. The number of fused-ring (bicyclic) bond motifs is 2. The number of hydrogen-bond donors (Lipinski definition) is 2. The van der Waals surface area contributed by atoms with Gasteiger partial charge < -0.3 is 10.4 Å². The Morgan fingerprint density at radius 2 is 1.84 bits per heavy atom. The van der Waals surface area contributed by atoms with Gasteiger partial charge in [0.1, 0.15) is 5.82 Å². The second-order valence-electron chi connectivity index (χ2n) is 9.11. The van der Waals surface area contributed by atoms with Gasteiger partial charge >= 0.3 is 0 Å². The average molecular weight is 500 g/mol. The fourth-order valence-corrected chi connectivity index (χ4v) is 7.86. The van der Waals surface area contributed by atoms with Crippen molar-refractivity contribution < 1.29 is 22.7 Å². The van der Waals surface area contributed by atoms with Gasteiger partial charge in [0, 0.05) is 11.3 Å². The number of carbonyl (C=O) groups is 1. The predicted molar refractivity (Wildman–Crippen MR) is 122 cm³/mol. The molecule has 5 atom stereocenters. The van der Waals surface area contributed by atoms with Gasteiger partial charge in [-0.05, 0) is 80.3 Å². The molecule has 0 aromatic heterocycles. The van der Waals surface area contributed by atoms with Crippen molar-refractivity contribution >= 4 is 44.6 Å². The lowest BCUT2D eigenvalue weighted by Gasteiger charge is -2.40. The van der Waals surface area contributed by atoms with Crippen molar-refractivity contribution in [2.45, 2.75) is 48.9 Å². The van der Waals surface area contributed by atoms with Crippen molar-refractivity contribution in [3.8, 4) is 0 Å². The highest BCUT2D eigenvalue weighted by molar-refractivity contribution is 7.92. The number of nitrogens with one attached hydrogen (secondary N) is 1. The highest BCUT2D eigenvalue weighted by atomic mass is 35.5. The molecule has 0 radical (unpaired) electrons. The number of halogens is 3. The second-order valence-corrected chi connectivity index (χ2v) is 12.1. The molecule has 1 unspecified atom stereocenters. The Balaban J connectivity index is 1.61. The molecule has 2 N–H and O–H groups in total. The zero-order valence-electron chi connectivity index (χ0n) is 17.6. The van der Waals surface area contributed by atoms with E-state index in [2.05, 4.69) is 5.32 Å². The Labute approximate surface area is 196 Å². The first-order valence-corrected chi connectivity index (χ1v) is 12.7. The van der Waals surface area contributed by atoms with Crippen LogP contribution in [-0.4, -0.2) is 30.3 Å². The molecule has 2 fully saturated rings. The molecule has 2 bridgehead atoms. The first-order chi connectivity index (χ1) is 14.9. The number of benzene rings is 2. The molecule has 1 amide bonds. The zero-order chi connectivity index (χ0) is 23.4. The van der Waals surface area contributed by atoms with Gasteiger partial charge in [0.2, 0.25) is 0 Å². The summed E-state index contributed by atoms with van der Waals surface area (Å²) in [5.74, 6) is -1.13. The minimum absolute atomic E-state index is 0.0455. The van der Waals surface area contributed by atoms with Crippen LogP contribution < -0.4 is 5.32 Å². The summed E-state index contributed by atoms with van der Waals surface area (Å²) >= 11 is 12.0. The van der Waals surface area contributed by atoms with Crippen LogP contribution >= 0.6 is 23.2 Å². The van der Waals surface area contributed by atoms with Gasteiger partial charge in [-0.1, -0.05) is 30.1 Å². The lowest BCUT2D eigenvalue weighted by Crippen LogP contribution is -2.46. The summed E-state index contributed by atoms with van der Waals surface area (Å²) in [5.41, 5.74) is -0.485. The highest BCUT2D eigenvalue weighted by Crippen LogP contribution is 2.54. The summed E-state index contributed by atoms with van der Waals surface area (Å²) in [5, 5.41) is 12.7. The Morgan fingerprint density at radius 3 is 2.50 bits per heavy atom. The number of carbonyl (C=O) groups excluding carboxylic acids is 1. The molecule has 0 spiro atoms. The van der Waals surface area contributed by atoms with E-state index in [1.165, 1.54) is 30.3 Å². The molecule has 4 rings (SSSR count). The summed E-state index contributed by atoms with van der Waals surface area (Å²) in [6.45, 7) is 3.85. The lowest BCUT2D eigenvalue weighted by molar-refractivity contribution is -0.0466. The summed E-state index contributed by atoms with van der Waals surface area (Å²) in [6, 6.07) is 7.85. The van der Waals surface area contributed by atoms with Crippen molar-refractivity contribution in [2.75, 3.05) is 5.32 Å². The van der Waals surface area contributed by atoms with E-state index in [0.29, 0.717) is 12.8 Å². The predicted octanol–water partition coefficient (Wildman–Crippen LogP) is 5.34. The molecule has 0 saturated heterocycles. The van der Waals surface area contributed by atoms with E-state index < -0.39 is 32.4 Å². The summed E-state index contributed by atoms with van der Waals surface area (Å²) in [4.78, 5) is 12.6. The van der Waals surface area contributed by atoms with Crippen LogP contribution in [0.4, 0.5) is 10.1 Å². The minimum atomic E-state index is -3.83. The SMILES string of the molecule is C[C@H]1CC2C[C@@H](S(=O)(=O)c3cc(C(=O)Nc4ccc(F)c(Cl)c4)ccc3Cl)C[C@H]1[C@]2(C)O. The maximum Gasteiger partial charge on any atom is 0.255 e. The number of anilines is 1. The molecule has 2 aliphatic rings. The molecule has 32 heavy (non-hydrogen) atoms. The molecule has 172 valence electrons. The van der Waals surface area contributed by atoms with Gasteiger partial charge in [-0.15, -0.1) is 0 Å². The van der Waals surface area contributed by atoms with Crippen molar-refractivity contribution in [1.82, 2.24) is 0 Å². The van der Waals surface area contributed by atoms with Crippen LogP contribution in [-0.2, 0) is 9.84 Å². The fourth-order valence-electron chi connectivity index (χ4n) is 5.31. The first-order valence-electron chi connectivity index (χ1n) is 10.4. The minimum Gasteiger partial charge on any atom is -0.390 e. The number of aliphatic hydroxyl groups is 1. The largest absolute Gasteiger partial charge is 0.390 e. The van der Waals surface area contributed by atoms with E-state index >= 15 is 0 Å². The zero-order valence-corrected chi connectivity index (χ0v) is 19.9. The monoisotopic (exact) mass is 499 g/mol. The number of amides is 1. The molecular formula is C23H24Cl2FNO4S. The van der Waals surface area contributed by atoms with Crippen molar-refractivity contribution in [1.29, 1.82) is 0 Å². The lowest BCUT2D eigenvalue weighted by atomic mass is 9.74.